The molecule has 2 heterocycles. The maximum atomic E-state index is 12.0. The Balaban J connectivity index is 1.54. The van der Waals surface area contributed by atoms with Crippen LogP contribution in [0.1, 0.15) is 37.0 Å². The molecule has 0 saturated heterocycles. The van der Waals surface area contributed by atoms with Crippen LogP contribution in [0, 0.1) is 0 Å². The molecule has 0 unspecified atom stereocenters. The minimum Gasteiger partial charge on any atom is -0.467 e. The molecule has 122 valence electrons. The molecule has 6 heteroatoms. The zero-order valence-corrected chi connectivity index (χ0v) is 13.7. The van der Waals surface area contributed by atoms with Crippen LogP contribution in [0.15, 0.2) is 39.6 Å². The number of carbonyl (C=O) groups excluding carboxylic acids is 2. The van der Waals surface area contributed by atoms with Crippen molar-refractivity contribution in [3.05, 3.63) is 46.5 Å². The molecule has 5 nitrogen and oxygen atoms in total. The van der Waals surface area contributed by atoms with Gasteiger partial charge in [-0.2, -0.15) is 11.3 Å². The van der Waals surface area contributed by atoms with Gasteiger partial charge >= 0.3 is 11.8 Å². The van der Waals surface area contributed by atoms with Gasteiger partial charge in [-0.05, 0) is 47.4 Å². The van der Waals surface area contributed by atoms with Crippen LogP contribution < -0.4 is 10.6 Å². The highest BCUT2D eigenvalue weighted by atomic mass is 32.1. The highest BCUT2D eigenvalue weighted by molar-refractivity contribution is 7.08. The Morgan fingerprint density at radius 2 is 1.96 bits per heavy atom. The van der Waals surface area contributed by atoms with Gasteiger partial charge in [-0.15, -0.1) is 0 Å². The Morgan fingerprint density at radius 3 is 2.61 bits per heavy atom. The van der Waals surface area contributed by atoms with Crippen LogP contribution in [0.25, 0.3) is 0 Å². The molecular formula is C17H20N2O3S. The zero-order chi connectivity index (χ0) is 16.1. The molecule has 23 heavy (non-hydrogen) atoms. The van der Waals surface area contributed by atoms with Crippen molar-refractivity contribution in [2.45, 2.75) is 37.6 Å². The lowest BCUT2D eigenvalue weighted by atomic mass is 9.80. The Bertz CT molecular complexity index is 643. The number of hydrogen-bond acceptors (Lipinski definition) is 4. The van der Waals surface area contributed by atoms with Crippen molar-refractivity contribution in [3.63, 3.8) is 0 Å². The van der Waals surface area contributed by atoms with Gasteiger partial charge < -0.3 is 15.1 Å². The zero-order valence-electron chi connectivity index (χ0n) is 12.8. The summed E-state index contributed by atoms with van der Waals surface area (Å²) < 4.78 is 5.12. The van der Waals surface area contributed by atoms with E-state index in [1.165, 1.54) is 11.8 Å². The largest absolute Gasteiger partial charge is 0.467 e. The SMILES string of the molecule is O=C(NCc1ccco1)C(=O)NCC1(c2ccsc2)CCCC1. The van der Waals surface area contributed by atoms with Crippen molar-refractivity contribution in [2.75, 3.05) is 6.54 Å². The number of nitrogens with one attached hydrogen (secondary N) is 2. The fraction of sp³-hybridized carbons (Fsp3) is 0.412. The molecule has 1 fully saturated rings. The first-order valence-corrected chi connectivity index (χ1v) is 8.75. The normalized spacial score (nSPS) is 16.2. The summed E-state index contributed by atoms with van der Waals surface area (Å²) in [7, 11) is 0. The fourth-order valence-electron chi connectivity index (χ4n) is 3.18. The van der Waals surface area contributed by atoms with E-state index in [0.29, 0.717) is 12.3 Å². The summed E-state index contributed by atoms with van der Waals surface area (Å²) in [4.78, 5) is 23.9. The Labute approximate surface area is 139 Å². The number of carbonyl (C=O) groups is 2. The summed E-state index contributed by atoms with van der Waals surface area (Å²) in [5.41, 5.74) is 1.26. The van der Waals surface area contributed by atoms with Gasteiger partial charge in [0.15, 0.2) is 0 Å². The van der Waals surface area contributed by atoms with Crippen molar-refractivity contribution >= 4 is 23.2 Å². The number of amides is 2. The van der Waals surface area contributed by atoms with Crippen molar-refractivity contribution in [1.82, 2.24) is 10.6 Å². The molecule has 2 aromatic rings. The van der Waals surface area contributed by atoms with E-state index in [0.717, 1.165) is 25.7 Å². The number of furan rings is 1. The molecule has 2 N–H and O–H groups in total. The van der Waals surface area contributed by atoms with Gasteiger partial charge in [-0.25, -0.2) is 0 Å². The molecular weight excluding hydrogens is 312 g/mol. The average molecular weight is 332 g/mol. The molecule has 0 radical (unpaired) electrons. The Kier molecular flexibility index (Phi) is 4.81. The highest BCUT2D eigenvalue weighted by Crippen LogP contribution is 2.41. The molecule has 2 aromatic heterocycles. The molecule has 1 saturated carbocycles. The van der Waals surface area contributed by atoms with Crippen molar-refractivity contribution in [3.8, 4) is 0 Å². The van der Waals surface area contributed by atoms with E-state index in [-0.39, 0.29) is 12.0 Å². The quantitative estimate of drug-likeness (QED) is 0.827. The predicted octanol–water partition coefficient (Wildman–Crippen LogP) is 2.59. The van der Waals surface area contributed by atoms with E-state index < -0.39 is 11.8 Å². The number of hydrogen-bond donors (Lipinski definition) is 2. The standard InChI is InChI=1S/C17H20N2O3S/c20-15(18-10-14-4-3-8-22-14)16(21)19-12-17(6-1-2-7-17)13-5-9-23-11-13/h3-5,8-9,11H,1-2,6-7,10,12H2,(H,18,20)(H,19,21). The maximum Gasteiger partial charge on any atom is 0.309 e. The van der Waals surface area contributed by atoms with E-state index in [1.54, 1.807) is 23.5 Å². The molecule has 0 aliphatic heterocycles. The second-order valence-electron chi connectivity index (χ2n) is 5.94. The Hall–Kier alpha value is -2.08. The molecule has 0 bridgehead atoms. The maximum absolute atomic E-state index is 12.0. The van der Waals surface area contributed by atoms with Crippen molar-refractivity contribution < 1.29 is 14.0 Å². The van der Waals surface area contributed by atoms with Crippen LogP contribution in [0.2, 0.25) is 0 Å². The van der Waals surface area contributed by atoms with Crippen molar-refractivity contribution in [1.29, 1.82) is 0 Å². The molecule has 0 atom stereocenters. The van der Waals surface area contributed by atoms with Gasteiger partial charge in [0.2, 0.25) is 0 Å². The van der Waals surface area contributed by atoms with Gasteiger partial charge in [-0.3, -0.25) is 9.59 Å². The molecule has 2 amide bonds. The van der Waals surface area contributed by atoms with Crippen LogP contribution in [0.3, 0.4) is 0 Å². The van der Waals surface area contributed by atoms with Crippen LogP contribution in [-0.4, -0.2) is 18.4 Å². The lowest BCUT2D eigenvalue weighted by molar-refractivity contribution is -0.139. The number of thiophene rings is 1. The summed E-state index contributed by atoms with van der Waals surface area (Å²) in [6.45, 7) is 0.728. The Morgan fingerprint density at radius 1 is 1.17 bits per heavy atom. The monoisotopic (exact) mass is 332 g/mol. The molecule has 0 spiro atoms. The van der Waals surface area contributed by atoms with Gasteiger partial charge in [0.05, 0.1) is 12.8 Å². The fourth-order valence-corrected chi connectivity index (χ4v) is 3.96. The average Bonchev–Trinajstić information content (AvgIpc) is 3.32. The lowest BCUT2D eigenvalue weighted by Gasteiger charge is -2.28. The van der Waals surface area contributed by atoms with Crippen LogP contribution in [0.4, 0.5) is 0 Å². The second kappa shape index (κ2) is 7.00. The second-order valence-corrected chi connectivity index (χ2v) is 6.72. The van der Waals surface area contributed by atoms with E-state index in [4.69, 9.17) is 4.42 Å². The topological polar surface area (TPSA) is 71.3 Å². The van der Waals surface area contributed by atoms with Gasteiger partial charge in [0.25, 0.3) is 0 Å². The van der Waals surface area contributed by atoms with Crippen LogP contribution in [0.5, 0.6) is 0 Å². The summed E-state index contributed by atoms with van der Waals surface area (Å²) in [5.74, 6) is -0.588. The van der Waals surface area contributed by atoms with E-state index in [9.17, 15) is 9.59 Å². The summed E-state index contributed by atoms with van der Waals surface area (Å²) >= 11 is 1.67. The van der Waals surface area contributed by atoms with Gasteiger partial charge in [0.1, 0.15) is 5.76 Å². The molecule has 3 rings (SSSR count). The first-order valence-electron chi connectivity index (χ1n) is 7.81. The van der Waals surface area contributed by atoms with Crippen molar-refractivity contribution in [2.24, 2.45) is 0 Å². The first-order chi connectivity index (χ1) is 11.2. The third-order valence-electron chi connectivity index (χ3n) is 4.49. The van der Waals surface area contributed by atoms with Crippen LogP contribution >= 0.6 is 11.3 Å². The summed E-state index contributed by atoms with van der Waals surface area (Å²) in [6.07, 6.45) is 5.97. The van der Waals surface area contributed by atoms with Gasteiger partial charge in [-0.1, -0.05) is 12.8 Å². The third-order valence-corrected chi connectivity index (χ3v) is 5.17. The summed E-state index contributed by atoms with van der Waals surface area (Å²) in [5, 5.41) is 9.58. The summed E-state index contributed by atoms with van der Waals surface area (Å²) in [6, 6.07) is 5.62. The van der Waals surface area contributed by atoms with E-state index in [1.807, 2.05) is 0 Å². The lowest BCUT2D eigenvalue weighted by Crippen LogP contribution is -2.45. The molecule has 1 aliphatic rings. The smallest absolute Gasteiger partial charge is 0.309 e. The minimum atomic E-state index is -0.625. The predicted molar refractivity (Wildman–Crippen MR) is 88.0 cm³/mol. The minimum absolute atomic E-state index is 0.0169. The van der Waals surface area contributed by atoms with Gasteiger partial charge in [0, 0.05) is 12.0 Å². The number of rotatable bonds is 5. The molecule has 1 aliphatic carbocycles. The molecule has 0 aromatic carbocycles. The van der Waals surface area contributed by atoms with Crippen LogP contribution in [-0.2, 0) is 21.5 Å². The highest BCUT2D eigenvalue weighted by Gasteiger charge is 2.36. The van der Waals surface area contributed by atoms with E-state index in [2.05, 4.69) is 27.5 Å². The van der Waals surface area contributed by atoms with E-state index >= 15 is 0 Å². The third kappa shape index (κ3) is 3.64. The first kappa shape index (κ1) is 15.8.